The molecule has 0 radical (unpaired) electrons. The highest BCUT2D eigenvalue weighted by molar-refractivity contribution is 7.99. The number of rotatable bonds is 8. The molecule has 1 atom stereocenters. The number of nitrogens with zero attached hydrogens (tertiary/aromatic N) is 4. The fraction of sp³-hybridized carbons (Fsp3) is 0.435. The van der Waals surface area contributed by atoms with Gasteiger partial charge in [0.25, 0.3) is 0 Å². The summed E-state index contributed by atoms with van der Waals surface area (Å²) in [6.07, 6.45) is 2.44. The van der Waals surface area contributed by atoms with E-state index >= 15 is 0 Å². The molecule has 3 heterocycles. The van der Waals surface area contributed by atoms with Crippen LogP contribution in [0.3, 0.4) is 0 Å². The molecule has 0 aliphatic carbocycles. The molecule has 0 amide bonds. The molecule has 2 aromatic heterocycles. The van der Waals surface area contributed by atoms with Crippen molar-refractivity contribution in [3.05, 3.63) is 52.3 Å². The van der Waals surface area contributed by atoms with Crippen LogP contribution in [0.25, 0.3) is 11.4 Å². The third-order valence-electron chi connectivity index (χ3n) is 5.75. The van der Waals surface area contributed by atoms with E-state index in [0.29, 0.717) is 10.8 Å². The number of hydrogen-bond donors (Lipinski definition) is 0. The zero-order valence-corrected chi connectivity index (χ0v) is 19.7. The summed E-state index contributed by atoms with van der Waals surface area (Å²) in [5, 5.41) is 10.1. The summed E-state index contributed by atoms with van der Waals surface area (Å²) in [4.78, 5) is 13.0. The third kappa shape index (κ3) is 4.73. The SMILES string of the molecule is CCn1c(SCC(=O)c2cc(C)n(C[C@H]3CCCO3)c2C)nnc1-c1ccc(Cl)cc1. The fourth-order valence-electron chi connectivity index (χ4n) is 4.06. The van der Waals surface area contributed by atoms with Gasteiger partial charge < -0.3 is 13.9 Å². The molecule has 1 fully saturated rings. The summed E-state index contributed by atoms with van der Waals surface area (Å²) < 4.78 is 10.0. The molecule has 1 aliphatic heterocycles. The van der Waals surface area contributed by atoms with Crippen LogP contribution >= 0.6 is 23.4 Å². The van der Waals surface area contributed by atoms with E-state index in [1.165, 1.54) is 11.8 Å². The van der Waals surface area contributed by atoms with Crippen molar-refractivity contribution in [2.75, 3.05) is 12.4 Å². The Morgan fingerprint density at radius 2 is 2.00 bits per heavy atom. The summed E-state index contributed by atoms with van der Waals surface area (Å²) in [5.41, 5.74) is 3.85. The molecule has 164 valence electrons. The predicted molar refractivity (Wildman–Crippen MR) is 124 cm³/mol. The summed E-state index contributed by atoms with van der Waals surface area (Å²) in [7, 11) is 0. The highest BCUT2D eigenvalue weighted by Crippen LogP contribution is 2.27. The normalized spacial score (nSPS) is 16.2. The number of carbonyl (C=O) groups is 1. The number of benzene rings is 1. The lowest BCUT2D eigenvalue weighted by Crippen LogP contribution is -2.17. The zero-order valence-electron chi connectivity index (χ0n) is 18.1. The van der Waals surface area contributed by atoms with Gasteiger partial charge >= 0.3 is 0 Å². The van der Waals surface area contributed by atoms with Gasteiger partial charge in [0.1, 0.15) is 0 Å². The van der Waals surface area contributed by atoms with Gasteiger partial charge in [-0.2, -0.15) is 0 Å². The van der Waals surface area contributed by atoms with E-state index in [1.807, 2.05) is 48.7 Å². The maximum atomic E-state index is 13.0. The van der Waals surface area contributed by atoms with Crippen molar-refractivity contribution in [3.63, 3.8) is 0 Å². The largest absolute Gasteiger partial charge is 0.376 e. The van der Waals surface area contributed by atoms with Crippen LogP contribution in [0.4, 0.5) is 0 Å². The first-order valence-corrected chi connectivity index (χ1v) is 12.0. The highest BCUT2D eigenvalue weighted by atomic mass is 35.5. The molecule has 6 nitrogen and oxygen atoms in total. The van der Waals surface area contributed by atoms with Crippen molar-refractivity contribution in [2.45, 2.75) is 58.0 Å². The number of ether oxygens (including phenoxy) is 1. The number of thioether (sulfide) groups is 1. The Morgan fingerprint density at radius 3 is 2.68 bits per heavy atom. The molecular weight excluding hydrogens is 432 g/mol. The highest BCUT2D eigenvalue weighted by Gasteiger charge is 2.22. The minimum absolute atomic E-state index is 0.107. The Kier molecular flexibility index (Phi) is 6.84. The van der Waals surface area contributed by atoms with E-state index in [-0.39, 0.29) is 11.9 Å². The molecule has 0 saturated carbocycles. The number of halogens is 1. The summed E-state index contributed by atoms with van der Waals surface area (Å²) >= 11 is 7.43. The molecular formula is C23H27ClN4O2S. The van der Waals surface area contributed by atoms with Crippen molar-refractivity contribution in [3.8, 4) is 11.4 Å². The number of carbonyl (C=O) groups excluding carboxylic acids is 1. The lowest BCUT2D eigenvalue weighted by atomic mass is 10.2. The zero-order chi connectivity index (χ0) is 22.0. The number of aromatic nitrogens is 4. The second kappa shape index (κ2) is 9.59. The van der Waals surface area contributed by atoms with Crippen LogP contribution in [0.1, 0.15) is 41.5 Å². The lowest BCUT2D eigenvalue weighted by Gasteiger charge is -2.14. The second-order valence-corrected chi connectivity index (χ2v) is 9.18. The summed E-state index contributed by atoms with van der Waals surface area (Å²) in [6.45, 7) is 8.49. The quantitative estimate of drug-likeness (QED) is 0.343. The topological polar surface area (TPSA) is 61.9 Å². The van der Waals surface area contributed by atoms with Crippen LogP contribution in [-0.2, 0) is 17.8 Å². The van der Waals surface area contributed by atoms with E-state index in [9.17, 15) is 4.79 Å². The molecule has 0 bridgehead atoms. The fourth-order valence-corrected chi connectivity index (χ4v) is 5.07. The van der Waals surface area contributed by atoms with Crippen LogP contribution in [0.5, 0.6) is 0 Å². The molecule has 4 rings (SSSR count). The van der Waals surface area contributed by atoms with Gasteiger partial charge in [0, 0.05) is 47.2 Å². The molecule has 1 aliphatic rings. The summed E-state index contributed by atoms with van der Waals surface area (Å²) in [6, 6.07) is 9.54. The summed E-state index contributed by atoms with van der Waals surface area (Å²) in [5.74, 6) is 1.21. The first kappa shape index (κ1) is 22.1. The van der Waals surface area contributed by atoms with Crippen molar-refractivity contribution >= 4 is 29.1 Å². The van der Waals surface area contributed by atoms with Crippen LogP contribution < -0.4 is 0 Å². The smallest absolute Gasteiger partial charge is 0.191 e. The van der Waals surface area contributed by atoms with Gasteiger partial charge in [-0.1, -0.05) is 23.4 Å². The third-order valence-corrected chi connectivity index (χ3v) is 6.97. The predicted octanol–water partition coefficient (Wildman–Crippen LogP) is 5.19. The van der Waals surface area contributed by atoms with Crippen molar-refractivity contribution in [1.82, 2.24) is 19.3 Å². The number of hydrogen-bond acceptors (Lipinski definition) is 5. The standard InChI is InChI=1S/C23H27ClN4O2S/c1-4-27-22(17-7-9-18(24)10-8-17)25-26-23(27)31-14-21(29)20-12-15(2)28(16(20)3)13-19-6-5-11-30-19/h7-10,12,19H,4-6,11,13-14H2,1-3H3/t19-/m1/s1. The molecule has 0 spiro atoms. The van der Waals surface area contributed by atoms with E-state index in [4.69, 9.17) is 16.3 Å². The maximum Gasteiger partial charge on any atom is 0.191 e. The van der Waals surface area contributed by atoms with Gasteiger partial charge in [0.05, 0.1) is 11.9 Å². The van der Waals surface area contributed by atoms with Crippen molar-refractivity contribution in [1.29, 1.82) is 0 Å². The van der Waals surface area contributed by atoms with Crippen molar-refractivity contribution < 1.29 is 9.53 Å². The van der Waals surface area contributed by atoms with E-state index in [0.717, 1.165) is 66.0 Å². The van der Waals surface area contributed by atoms with Gasteiger partial charge in [-0.15, -0.1) is 10.2 Å². The van der Waals surface area contributed by atoms with Gasteiger partial charge in [-0.25, -0.2) is 0 Å². The Bertz CT molecular complexity index is 1070. The van der Waals surface area contributed by atoms with Crippen LogP contribution in [0.2, 0.25) is 5.02 Å². The number of Topliss-reactive ketones (excluding diaryl/α,β-unsaturated/α-hetero) is 1. The number of aryl methyl sites for hydroxylation is 1. The van der Waals surface area contributed by atoms with Crippen LogP contribution in [0.15, 0.2) is 35.5 Å². The first-order valence-electron chi connectivity index (χ1n) is 10.6. The van der Waals surface area contributed by atoms with Crippen LogP contribution in [0, 0.1) is 13.8 Å². The number of ketones is 1. The van der Waals surface area contributed by atoms with Gasteiger partial charge in [0.15, 0.2) is 16.8 Å². The molecule has 1 aromatic carbocycles. The Labute approximate surface area is 192 Å². The molecule has 0 unspecified atom stereocenters. The van der Waals surface area contributed by atoms with E-state index in [2.05, 4.69) is 21.7 Å². The van der Waals surface area contributed by atoms with E-state index < -0.39 is 0 Å². The monoisotopic (exact) mass is 458 g/mol. The molecule has 0 N–H and O–H groups in total. The molecule has 3 aromatic rings. The molecule has 31 heavy (non-hydrogen) atoms. The lowest BCUT2D eigenvalue weighted by molar-refractivity contribution is 0.0957. The Hall–Kier alpha value is -2.09. The van der Waals surface area contributed by atoms with Crippen molar-refractivity contribution in [2.24, 2.45) is 0 Å². The Balaban J connectivity index is 1.47. The minimum Gasteiger partial charge on any atom is -0.376 e. The van der Waals surface area contributed by atoms with Crippen LogP contribution in [-0.4, -0.2) is 43.6 Å². The first-order chi connectivity index (χ1) is 15.0. The Morgan fingerprint density at radius 1 is 1.23 bits per heavy atom. The molecule has 8 heteroatoms. The van der Waals surface area contributed by atoms with Gasteiger partial charge in [-0.05, 0) is 63.9 Å². The average molecular weight is 459 g/mol. The van der Waals surface area contributed by atoms with Gasteiger partial charge in [-0.3, -0.25) is 4.79 Å². The maximum absolute atomic E-state index is 13.0. The second-order valence-electron chi connectivity index (χ2n) is 7.80. The van der Waals surface area contributed by atoms with E-state index in [1.54, 1.807) is 0 Å². The minimum atomic E-state index is 0.107. The van der Waals surface area contributed by atoms with Gasteiger partial charge in [0.2, 0.25) is 0 Å². The molecule has 1 saturated heterocycles. The average Bonchev–Trinajstić information content (AvgIpc) is 3.49.